The highest BCUT2D eigenvalue weighted by atomic mass is 35.5. The molecule has 9 heteroatoms. The van der Waals surface area contributed by atoms with E-state index in [1.807, 2.05) is 6.07 Å². The Morgan fingerprint density at radius 3 is 2.59 bits per heavy atom. The number of anilines is 2. The molecule has 1 aromatic carbocycles. The van der Waals surface area contributed by atoms with Gasteiger partial charge in [-0.2, -0.15) is 0 Å². The van der Waals surface area contributed by atoms with Crippen LogP contribution in [-0.2, 0) is 9.53 Å². The Morgan fingerprint density at radius 2 is 1.84 bits per heavy atom. The van der Waals surface area contributed by atoms with Gasteiger partial charge in [0.25, 0.3) is 0 Å². The minimum absolute atomic E-state index is 0.0426. The molecule has 3 N–H and O–H groups in total. The Labute approximate surface area is 203 Å². The second kappa shape index (κ2) is 11.0. The summed E-state index contributed by atoms with van der Waals surface area (Å²) in [4.78, 5) is 16.9. The van der Waals surface area contributed by atoms with Crippen molar-refractivity contribution < 1.29 is 9.53 Å². The SMILES string of the molecule is O=C(Nc1cc(-c2cc(NCC3CCOCC3)c(Cl)cc2Cl)c(Cl)cn1)C1CCCNC1. The van der Waals surface area contributed by atoms with Crippen LogP contribution in [0.4, 0.5) is 11.5 Å². The fourth-order valence-corrected chi connectivity index (χ4v) is 4.87. The summed E-state index contributed by atoms with van der Waals surface area (Å²) in [6.45, 7) is 4.03. The van der Waals surface area contributed by atoms with E-state index in [2.05, 4.69) is 20.9 Å². The van der Waals surface area contributed by atoms with Gasteiger partial charge < -0.3 is 20.7 Å². The molecule has 1 unspecified atom stereocenters. The van der Waals surface area contributed by atoms with E-state index in [1.54, 1.807) is 12.1 Å². The quantitative estimate of drug-likeness (QED) is 0.492. The number of benzene rings is 1. The molecule has 2 aromatic rings. The third kappa shape index (κ3) is 5.86. The number of amides is 1. The van der Waals surface area contributed by atoms with Crippen LogP contribution < -0.4 is 16.0 Å². The van der Waals surface area contributed by atoms with Crippen LogP contribution in [0.5, 0.6) is 0 Å². The zero-order chi connectivity index (χ0) is 22.5. The maximum Gasteiger partial charge on any atom is 0.229 e. The molecule has 0 bridgehead atoms. The second-order valence-corrected chi connectivity index (χ2v) is 9.55. The van der Waals surface area contributed by atoms with E-state index in [0.717, 1.165) is 63.2 Å². The Kier molecular flexibility index (Phi) is 8.13. The zero-order valence-electron chi connectivity index (χ0n) is 17.7. The van der Waals surface area contributed by atoms with E-state index in [4.69, 9.17) is 39.5 Å². The van der Waals surface area contributed by atoms with Gasteiger partial charge in [-0.15, -0.1) is 0 Å². The maximum atomic E-state index is 12.6. The van der Waals surface area contributed by atoms with Gasteiger partial charge >= 0.3 is 0 Å². The van der Waals surface area contributed by atoms with Gasteiger partial charge in [-0.05, 0) is 56.3 Å². The van der Waals surface area contributed by atoms with Crippen molar-refractivity contribution in [1.82, 2.24) is 10.3 Å². The molecule has 32 heavy (non-hydrogen) atoms. The molecule has 0 spiro atoms. The predicted octanol–water partition coefficient (Wildman–Crippen LogP) is 5.49. The van der Waals surface area contributed by atoms with E-state index in [0.29, 0.717) is 38.9 Å². The molecule has 4 rings (SSSR count). The van der Waals surface area contributed by atoms with Gasteiger partial charge in [-0.25, -0.2) is 4.98 Å². The molecule has 172 valence electrons. The van der Waals surface area contributed by atoms with Gasteiger partial charge in [0.2, 0.25) is 5.91 Å². The lowest BCUT2D eigenvalue weighted by atomic mass is 9.99. The number of aromatic nitrogens is 1. The zero-order valence-corrected chi connectivity index (χ0v) is 20.0. The van der Waals surface area contributed by atoms with Gasteiger partial charge in [0.05, 0.1) is 26.7 Å². The van der Waals surface area contributed by atoms with Gasteiger partial charge in [-0.1, -0.05) is 34.8 Å². The van der Waals surface area contributed by atoms with Crippen molar-refractivity contribution in [3.63, 3.8) is 0 Å². The first-order valence-electron chi connectivity index (χ1n) is 11.0. The second-order valence-electron chi connectivity index (χ2n) is 8.33. The molecule has 0 radical (unpaired) electrons. The largest absolute Gasteiger partial charge is 0.384 e. The standard InChI is InChI=1S/C23H27Cl3N4O2/c24-18-10-19(25)21(28-11-14-3-6-32-7-4-14)8-16(18)17-9-22(29-13-20(17)26)30-23(31)15-2-1-5-27-12-15/h8-10,13-15,27-28H,1-7,11-12H2,(H,29,30,31). The van der Waals surface area contributed by atoms with Crippen LogP contribution in [0.25, 0.3) is 11.1 Å². The van der Waals surface area contributed by atoms with Crippen LogP contribution in [0.1, 0.15) is 25.7 Å². The van der Waals surface area contributed by atoms with Crippen molar-refractivity contribution in [2.75, 3.05) is 43.5 Å². The van der Waals surface area contributed by atoms with Crippen LogP contribution in [0.2, 0.25) is 15.1 Å². The molecule has 2 aliphatic rings. The first kappa shape index (κ1) is 23.6. The molecule has 3 heterocycles. The molecule has 1 aromatic heterocycles. The van der Waals surface area contributed by atoms with Gasteiger partial charge in [0.1, 0.15) is 5.82 Å². The van der Waals surface area contributed by atoms with Crippen LogP contribution in [0, 0.1) is 11.8 Å². The highest BCUT2D eigenvalue weighted by Gasteiger charge is 2.22. The number of pyridine rings is 1. The van der Waals surface area contributed by atoms with E-state index in [1.165, 1.54) is 6.20 Å². The van der Waals surface area contributed by atoms with E-state index in [-0.39, 0.29) is 11.8 Å². The average molecular weight is 498 g/mol. The molecular weight excluding hydrogens is 471 g/mol. The number of carbonyl (C=O) groups excluding carboxylic acids is 1. The first-order chi connectivity index (χ1) is 15.5. The normalized spacial score (nSPS) is 19.5. The minimum Gasteiger partial charge on any atom is -0.384 e. The van der Waals surface area contributed by atoms with Gasteiger partial charge in [0, 0.05) is 43.6 Å². The summed E-state index contributed by atoms with van der Waals surface area (Å²) >= 11 is 19.5. The lowest BCUT2D eigenvalue weighted by Crippen LogP contribution is -2.37. The molecule has 6 nitrogen and oxygen atoms in total. The molecule has 1 atom stereocenters. The van der Waals surface area contributed by atoms with Crippen LogP contribution in [-0.4, -0.2) is 43.7 Å². The summed E-state index contributed by atoms with van der Waals surface area (Å²) in [5, 5.41) is 11.1. The molecule has 0 saturated carbocycles. The third-order valence-electron chi connectivity index (χ3n) is 6.04. The molecule has 0 aliphatic carbocycles. The monoisotopic (exact) mass is 496 g/mol. The van der Waals surface area contributed by atoms with Crippen molar-refractivity contribution in [1.29, 1.82) is 0 Å². The van der Waals surface area contributed by atoms with Crippen LogP contribution >= 0.6 is 34.8 Å². The highest BCUT2D eigenvalue weighted by molar-refractivity contribution is 6.39. The summed E-state index contributed by atoms with van der Waals surface area (Å²) in [7, 11) is 0. The van der Waals surface area contributed by atoms with E-state index >= 15 is 0 Å². The molecular formula is C23H27Cl3N4O2. The predicted molar refractivity (Wildman–Crippen MR) is 131 cm³/mol. The maximum absolute atomic E-state index is 12.6. The smallest absolute Gasteiger partial charge is 0.229 e. The summed E-state index contributed by atoms with van der Waals surface area (Å²) in [6, 6.07) is 5.38. The number of rotatable bonds is 6. The number of hydrogen-bond donors (Lipinski definition) is 3. The molecule has 2 aliphatic heterocycles. The number of nitrogens with zero attached hydrogens (tertiary/aromatic N) is 1. The Balaban J connectivity index is 1.53. The van der Waals surface area contributed by atoms with Gasteiger partial charge in [0.15, 0.2) is 0 Å². The lowest BCUT2D eigenvalue weighted by Gasteiger charge is -2.23. The van der Waals surface area contributed by atoms with Gasteiger partial charge in [-0.3, -0.25) is 4.79 Å². The Bertz CT molecular complexity index is 960. The number of hydrogen-bond acceptors (Lipinski definition) is 5. The number of ether oxygens (including phenoxy) is 1. The van der Waals surface area contributed by atoms with Crippen molar-refractivity contribution in [2.45, 2.75) is 25.7 Å². The number of piperidine rings is 1. The van der Waals surface area contributed by atoms with Crippen molar-refractivity contribution in [3.8, 4) is 11.1 Å². The summed E-state index contributed by atoms with van der Waals surface area (Å²) in [5.74, 6) is 0.881. The fraction of sp³-hybridized carbons (Fsp3) is 0.478. The fourth-order valence-electron chi connectivity index (χ4n) is 4.11. The summed E-state index contributed by atoms with van der Waals surface area (Å²) in [5.41, 5.74) is 2.21. The number of carbonyl (C=O) groups is 1. The summed E-state index contributed by atoms with van der Waals surface area (Å²) < 4.78 is 5.43. The molecule has 1 amide bonds. The summed E-state index contributed by atoms with van der Waals surface area (Å²) in [6.07, 6.45) is 5.44. The average Bonchev–Trinajstić information content (AvgIpc) is 2.81. The lowest BCUT2D eigenvalue weighted by molar-refractivity contribution is -0.120. The Hall–Kier alpha value is -1.57. The minimum atomic E-state index is -0.0650. The van der Waals surface area contributed by atoms with E-state index in [9.17, 15) is 4.79 Å². The number of nitrogens with one attached hydrogen (secondary N) is 3. The topological polar surface area (TPSA) is 75.3 Å². The third-order valence-corrected chi connectivity index (χ3v) is 6.97. The van der Waals surface area contributed by atoms with Crippen LogP contribution in [0.3, 0.4) is 0 Å². The van der Waals surface area contributed by atoms with E-state index < -0.39 is 0 Å². The Morgan fingerprint density at radius 1 is 1.06 bits per heavy atom. The highest BCUT2D eigenvalue weighted by Crippen LogP contribution is 2.39. The van der Waals surface area contributed by atoms with Crippen molar-refractivity contribution in [3.05, 3.63) is 39.5 Å². The molecule has 2 saturated heterocycles. The molecule has 2 fully saturated rings. The number of halogens is 3. The van der Waals surface area contributed by atoms with Crippen molar-refractivity contribution >= 4 is 52.2 Å². The van der Waals surface area contributed by atoms with Crippen molar-refractivity contribution in [2.24, 2.45) is 11.8 Å². The first-order valence-corrected chi connectivity index (χ1v) is 12.1. The van der Waals surface area contributed by atoms with Crippen LogP contribution in [0.15, 0.2) is 24.4 Å².